The SMILES string of the molecule is Cl.NS(=O)(=O)c1ccc(NC2CCNCC2)c([N+](=O)[O-])c1. The molecule has 0 spiro atoms. The summed E-state index contributed by atoms with van der Waals surface area (Å²) in [6, 6.07) is 3.78. The van der Waals surface area contributed by atoms with E-state index in [4.69, 9.17) is 5.14 Å². The number of benzene rings is 1. The number of nitrogens with one attached hydrogen (secondary N) is 2. The van der Waals surface area contributed by atoms with Crippen LogP contribution in [-0.2, 0) is 10.0 Å². The highest BCUT2D eigenvalue weighted by atomic mass is 35.5. The van der Waals surface area contributed by atoms with Crippen molar-refractivity contribution < 1.29 is 13.3 Å². The van der Waals surface area contributed by atoms with Gasteiger partial charge < -0.3 is 10.6 Å². The van der Waals surface area contributed by atoms with Crippen LogP contribution in [0, 0.1) is 10.1 Å². The molecular formula is C11H17ClN4O4S. The third kappa shape index (κ3) is 4.53. The van der Waals surface area contributed by atoms with Crippen molar-refractivity contribution in [3.63, 3.8) is 0 Å². The van der Waals surface area contributed by atoms with Gasteiger partial charge in [-0.2, -0.15) is 0 Å². The number of rotatable bonds is 4. The molecule has 4 N–H and O–H groups in total. The average Bonchev–Trinajstić information content (AvgIpc) is 2.38. The highest BCUT2D eigenvalue weighted by Crippen LogP contribution is 2.28. The molecule has 0 bridgehead atoms. The molecule has 1 aliphatic rings. The summed E-state index contributed by atoms with van der Waals surface area (Å²) >= 11 is 0. The Labute approximate surface area is 128 Å². The van der Waals surface area contributed by atoms with Crippen LogP contribution in [0.2, 0.25) is 0 Å². The molecule has 1 aromatic rings. The van der Waals surface area contributed by atoms with Crippen molar-refractivity contribution in [1.29, 1.82) is 0 Å². The van der Waals surface area contributed by atoms with E-state index in [9.17, 15) is 18.5 Å². The van der Waals surface area contributed by atoms with Crippen molar-refractivity contribution in [3.05, 3.63) is 28.3 Å². The highest BCUT2D eigenvalue weighted by Gasteiger charge is 2.21. The lowest BCUT2D eigenvalue weighted by Crippen LogP contribution is -2.35. The molecule has 0 amide bonds. The molecule has 0 unspecified atom stereocenters. The lowest BCUT2D eigenvalue weighted by molar-refractivity contribution is -0.384. The number of hydrogen-bond acceptors (Lipinski definition) is 6. The number of nitro benzene ring substituents is 1. The van der Waals surface area contributed by atoms with Gasteiger partial charge in [-0.1, -0.05) is 0 Å². The van der Waals surface area contributed by atoms with Crippen LogP contribution in [0.15, 0.2) is 23.1 Å². The van der Waals surface area contributed by atoms with Crippen LogP contribution >= 0.6 is 12.4 Å². The average molecular weight is 337 g/mol. The van der Waals surface area contributed by atoms with Crippen molar-refractivity contribution >= 4 is 33.8 Å². The van der Waals surface area contributed by atoms with Crippen molar-refractivity contribution in [2.24, 2.45) is 5.14 Å². The predicted octanol–water partition coefficient (Wildman–Crippen LogP) is 0.828. The standard InChI is InChI=1S/C11H16N4O4S.ClH/c12-20(18,19)9-1-2-10(11(7-9)15(16)17)14-8-3-5-13-6-4-8;/h1-2,7-8,13-14H,3-6H2,(H2,12,18,19);1H. The largest absolute Gasteiger partial charge is 0.377 e. The van der Waals surface area contributed by atoms with E-state index in [-0.39, 0.29) is 29.0 Å². The quantitative estimate of drug-likeness (QED) is 0.552. The normalized spacial score (nSPS) is 16.0. The van der Waals surface area contributed by atoms with Gasteiger partial charge in [-0.15, -0.1) is 12.4 Å². The van der Waals surface area contributed by atoms with E-state index in [0.717, 1.165) is 32.0 Å². The number of anilines is 1. The summed E-state index contributed by atoms with van der Waals surface area (Å²) in [7, 11) is -3.95. The van der Waals surface area contributed by atoms with Crippen molar-refractivity contribution in [2.45, 2.75) is 23.8 Å². The third-order valence-electron chi connectivity index (χ3n) is 3.19. The molecule has 0 aromatic heterocycles. The second-order valence-corrected chi connectivity index (χ2v) is 6.21. The Kier molecular flexibility index (Phi) is 5.90. The van der Waals surface area contributed by atoms with E-state index in [1.54, 1.807) is 0 Å². The fourth-order valence-corrected chi connectivity index (χ4v) is 2.68. The monoisotopic (exact) mass is 336 g/mol. The van der Waals surface area contributed by atoms with Gasteiger partial charge in [0.1, 0.15) is 5.69 Å². The number of nitrogens with two attached hydrogens (primary N) is 1. The number of hydrogen-bond donors (Lipinski definition) is 3. The van der Waals surface area contributed by atoms with Gasteiger partial charge in [-0.05, 0) is 38.1 Å². The zero-order valence-electron chi connectivity index (χ0n) is 11.1. The Morgan fingerprint density at radius 2 is 1.95 bits per heavy atom. The van der Waals surface area contributed by atoms with E-state index in [1.165, 1.54) is 12.1 Å². The predicted molar refractivity (Wildman–Crippen MR) is 81.2 cm³/mol. The van der Waals surface area contributed by atoms with Crippen LogP contribution in [-0.4, -0.2) is 32.5 Å². The molecule has 0 saturated carbocycles. The van der Waals surface area contributed by atoms with Gasteiger partial charge in [0.25, 0.3) is 5.69 Å². The second kappa shape index (κ2) is 7.03. The van der Waals surface area contributed by atoms with Gasteiger partial charge in [-0.3, -0.25) is 10.1 Å². The molecule has 118 valence electrons. The molecular weight excluding hydrogens is 320 g/mol. The summed E-state index contributed by atoms with van der Waals surface area (Å²) in [6.07, 6.45) is 1.71. The Balaban J connectivity index is 0.00000220. The Morgan fingerprint density at radius 3 is 2.48 bits per heavy atom. The summed E-state index contributed by atoms with van der Waals surface area (Å²) < 4.78 is 22.5. The Hall–Kier alpha value is -1.42. The zero-order valence-corrected chi connectivity index (χ0v) is 12.7. The van der Waals surface area contributed by atoms with Crippen LogP contribution < -0.4 is 15.8 Å². The first-order valence-electron chi connectivity index (χ1n) is 6.16. The first kappa shape index (κ1) is 17.6. The van der Waals surface area contributed by atoms with Gasteiger partial charge in [0.2, 0.25) is 10.0 Å². The van der Waals surface area contributed by atoms with Gasteiger partial charge in [0.15, 0.2) is 0 Å². The third-order valence-corrected chi connectivity index (χ3v) is 4.10. The summed E-state index contributed by atoms with van der Waals surface area (Å²) in [5.74, 6) is 0. The van der Waals surface area contributed by atoms with Gasteiger partial charge >= 0.3 is 0 Å². The molecule has 1 aromatic carbocycles. The summed E-state index contributed by atoms with van der Waals surface area (Å²) in [6.45, 7) is 1.70. The minimum atomic E-state index is -3.95. The number of primary sulfonamides is 1. The highest BCUT2D eigenvalue weighted by molar-refractivity contribution is 7.89. The fraction of sp³-hybridized carbons (Fsp3) is 0.455. The number of nitrogens with zero attached hydrogens (tertiary/aromatic N) is 1. The molecule has 8 nitrogen and oxygen atoms in total. The molecule has 0 radical (unpaired) electrons. The molecule has 1 heterocycles. The zero-order chi connectivity index (χ0) is 14.8. The molecule has 1 aliphatic heterocycles. The summed E-state index contributed by atoms with van der Waals surface area (Å²) in [4.78, 5) is 10.2. The Bertz CT molecular complexity index is 617. The molecule has 1 fully saturated rings. The smallest absolute Gasteiger partial charge is 0.293 e. The van der Waals surface area contributed by atoms with E-state index in [1.807, 2.05) is 0 Å². The maximum Gasteiger partial charge on any atom is 0.293 e. The van der Waals surface area contributed by atoms with Crippen LogP contribution in [0.5, 0.6) is 0 Å². The first-order valence-corrected chi connectivity index (χ1v) is 7.71. The molecule has 0 atom stereocenters. The van der Waals surface area contributed by atoms with E-state index in [0.29, 0.717) is 5.69 Å². The van der Waals surface area contributed by atoms with Crippen molar-refractivity contribution in [3.8, 4) is 0 Å². The van der Waals surface area contributed by atoms with E-state index < -0.39 is 14.9 Å². The van der Waals surface area contributed by atoms with Gasteiger partial charge in [-0.25, -0.2) is 13.6 Å². The lowest BCUT2D eigenvalue weighted by atomic mass is 10.1. The van der Waals surface area contributed by atoms with E-state index in [2.05, 4.69) is 10.6 Å². The number of piperidine rings is 1. The minimum absolute atomic E-state index is 0. The minimum Gasteiger partial charge on any atom is -0.377 e. The fourth-order valence-electron chi connectivity index (χ4n) is 2.15. The maximum absolute atomic E-state index is 11.2. The number of halogens is 1. The molecule has 2 rings (SSSR count). The lowest BCUT2D eigenvalue weighted by Gasteiger charge is -2.24. The van der Waals surface area contributed by atoms with Crippen LogP contribution in [0.1, 0.15) is 12.8 Å². The number of sulfonamides is 1. The van der Waals surface area contributed by atoms with Crippen molar-refractivity contribution in [2.75, 3.05) is 18.4 Å². The van der Waals surface area contributed by atoms with E-state index >= 15 is 0 Å². The topological polar surface area (TPSA) is 127 Å². The van der Waals surface area contributed by atoms with Crippen LogP contribution in [0.3, 0.4) is 0 Å². The summed E-state index contributed by atoms with van der Waals surface area (Å²) in [5, 5.41) is 22.3. The maximum atomic E-state index is 11.2. The van der Waals surface area contributed by atoms with Crippen molar-refractivity contribution in [1.82, 2.24) is 5.32 Å². The summed E-state index contributed by atoms with van der Waals surface area (Å²) in [5.41, 5.74) is 0.0318. The number of nitro groups is 1. The molecule has 0 aliphatic carbocycles. The molecule has 21 heavy (non-hydrogen) atoms. The Morgan fingerprint density at radius 1 is 1.33 bits per heavy atom. The molecule has 1 saturated heterocycles. The first-order chi connectivity index (χ1) is 9.38. The van der Waals surface area contributed by atoms with Gasteiger partial charge in [0.05, 0.1) is 9.82 Å². The van der Waals surface area contributed by atoms with Gasteiger partial charge in [0, 0.05) is 12.1 Å². The van der Waals surface area contributed by atoms with Crippen LogP contribution in [0.25, 0.3) is 0 Å². The second-order valence-electron chi connectivity index (χ2n) is 4.65. The molecule has 10 heteroatoms. The van der Waals surface area contributed by atoms with Crippen LogP contribution in [0.4, 0.5) is 11.4 Å².